The van der Waals surface area contributed by atoms with Gasteiger partial charge in [0.05, 0.1) is 11.4 Å². The average Bonchev–Trinajstić information content (AvgIpc) is 2.64. The van der Waals surface area contributed by atoms with E-state index < -0.39 is 9.84 Å². The van der Waals surface area contributed by atoms with Crippen LogP contribution in [0, 0.1) is 0 Å². The van der Waals surface area contributed by atoms with Gasteiger partial charge in [-0.2, -0.15) is 0 Å². The number of nitrogen functional groups attached to an aromatic ring is 1. The van der Waals surface area contributed by atoms with Gasteiger partial charge in [-0.15, -0.1) is 0 Å². The predicted octanol–water partition coefficient (Wildman–Crippen LogP) is -0.293. The fourth-order valence-corrected chi connectivity index (χ4v) is 1.97. The second-order valence-corrected chi connectivity index (χ2v) is 5.63. The largest absolute Gasteiger partial charge is 0.367 e. The standard InChI is InChI=1S/C9H11N5O2S/c1-17(15,16)8-4-2-7(3-5-8)6-14-9(10)11-12-13-14/h2-5H,6H2,1H3,(H2,10,11,13). The Balaban J connectivity index is 2.23. The third-order valence-electron chi connectivity index (χ3n) is 2.24. The van der Waals surface area contributed by atoms with E-state index in [0.29, 0.717) is 6.54 Å². The van der Waals surface area contributed by atoms with Crippen LogP contribution in [0.1, 0.15) is 5.56 Å². The highest BCUT2D eigenvalue weighted by Gasteiger charge is 2.07. The second kappa shape index (κ2) is 4.13. The Bertz CT molecular complexity index is 617. The molecule has 0 fully saturated rings. The van der Waals surface area contributed by atoms with Crippen molar-refractivity contribution >= 4 is 15.8 Å². The van der Waals surface area contributed by atoms with Crippen LogP contribution in [0.5, 0.6) is 0 Å². The molecular formula is C9H11N5O2S. The van der Waals surface area contributed by atoms with E-state index in [1.165, 1.54) is 10.9 Å². The van der Waals surface area contributed by atoms with Crippen molar-refractivity contribution in [2.75, 3.05) is 12.0 Å². The summed E-state index contributed by atoms with van der Waals surface area (Å²) in [5.41, 5.74) is 6.39. The number of nitrogens with two attached hydrogens (primary N) is 1. The Hall–Kier alpha value is -1.96. The van der Waals surface area contributed by atoms with Gasteiger partial charge >= 0.3 is 0 Å². The SMILES string of the molecule is CS(=O)(=O)c1ccc(Cn2nnnc2N)cc1. The Labute approximate surface area is 98.2 Å². The normalized spacial score (nSPS) is 11.6. The second-order valence-electron chi connectivity index (χ2n) is 3.61. The van der Waals surface area contributed by atoms with Gasteiger partial charge in [-0.05, 0) is 28.1 Å². The topological polar surface area (TPSA) is 104 Å². The van der Waals surface area contributed by atoms with Crippen LogP contribution in [0.2, 0.25) is 0 Å². The zero-order valence-corrected chi connectivity index (χ0v) is 9.92. The fourth-order valence-electron chi connectivity index (χ4n) is 1.34. The molecule has 0 aliphatic carbocycles. The highest BCUT2D eigenvalue weighted by atomic mass is 32.2. The predicted molar refractivity (Wildman–Crippen MR) is 60.9 cm³/mol. The number of aromatic nitrogens is 4. The summed E-state index contributed by atoms with van der Waals surface area (Å²) in [5, 5.41) is 10.7. The van der Waals surface area contributed by atoms with Gasteiger partial charge in [0.2, 0.25) is 5.95 Å². The molecule has 0 aliphatic heterocycles. The number of anilines is 1. The van der Waals surface area contributed by atoms with Crippen molar-refractivity contribution in [2.45, 2.75) is 11.4 Å². The molecule has 2 N–H and O–H groups in total. The van der Waals surface area contributed by atoms with Crippen molar-refractivity contribution in [3.8, 4) is 0 Å². The van der Waals surface area contributed by atoms with E-state index in [0.717, 1.165) is 5.56 Å². The van der Waals surface area contributed by atoms with Crippen molar-refractivity contribution in [3.05, 3.63) is 29.8 Å². The molecule has 0 aliphatic rings. The summed E-state index contributed by atoms with van der Waals surface area (Å²) >= 11 is 0. The number of tetrazole rings is 1. The van der Waals surface area contributed by atoms with Gasteiger partial charge in [0.15, 0.2) is 9.84 Å². The molecule has 0 atom stereocenters. The number of benzene rings is 1. The van der Waals surface area contributed by atoms with E-state index >= 15 is 0 Å². The Morgan fingerprint density at radius 3 is 2.41 bits per heavy atom. The monoisotopic (exact) mass is 253 g/mol. The fraction of sp³-hybridized carbons (Fsp3) is 0.222. The van der Waals surface area contributed by atoms with Crippen LogP contribution in [0.3, 0.4) is 0 Å². The van der Waals surface area contributed by atoms with Gasteiger partial charge in [0.25, 0.3) is 0 Å². The van der Waals surface area contributed by atoms with E-state index in [2.05, 4.69) is 15.5 Å². The van der Waals surface area contributed by atoms with Gasteiger partial charge in [-0.25, -0.2) is 13.1 Å². The van der Waals surface area contributed by atoms with Gasteiger partial charge in [-0.1, -0.05) is 17.2 Å². The van der Waals surface area contributed by atoms with Crippen LogP contribution in [0.15, 0.2) is 29.2 Å². The molecule has 0 spiro atoms. The molecule has 0 saturated carbocycles. The van der Waals surface area contributed by atoms with E-state index in [4.69, 9.17) is 5.73 Å². The summed E-state index contributed by atoms with van der Waals surface area (Å²) < 4.78 is 23.9. The molecule has 1 aromatic carbocycles. The first-order chi connectivity index (χ1) is 7.97. The molecule has 0 bridgehead atoms. The number of hydrogen-bond donors (Lipinski definition) is 1. The minimum atomic E-state index is -3.16. The van der Waals surface area contributed by atoms with Gasteiger partial charge < -0.3 is 5.73 Å². The summed E-state index contributed by atoms with van der Waals surface area (Å²) in [6.45, 7) is 0.406. The maximum atomic E-state index is 11.3. The zero-order chi connectivity index (χ0) is 12.5. The molecule has 7 nitrogen and oxygen atoms in total. The van der Waals surface area contributed by atoms with Crippen molar-refractivity contribution in [2.24, 2.45) is 0 Å². The average molecular weight is 253 g/mol. The van der Waals surface area contributed by atoms with E-state index in [1.54, 1.807) is 24.3 Å². The smallest absolute Gasteiger partial charge is 0.240 e. The maximum Gasteiger partial charge on any atom is 0.240 e. The summed E-state index contributed by atoms with van der Waals surface area (Å²) in [6, 6.07) is 6.51. The first-order valence-electron chi connectivity index (χ1n) is 4.77. The highest BCUT2D eigenvalue weighted by Crippen LogP contribution is 2.11. The molecular weight excluding hydrogens is 242 g/mol. The molecule has 90 valence electrons. The van der Waals surface area contributed by atoms with E-state index in [1.807, 2.05) is 0 Å². The number of hydrogen-bond acceptors (Lipinski definition) is 6. The number of rotatable bonds is 3. The van der Waals surface area contributed by atoms with Crippen molar-refractivity contribution in [1.29, 1.82) is 0 Å². The number of sulfone groups is 1. The van der Waals surface area contributed by atoms with Crippen LogP contribution in [0.4, 0.5) is 5.95 Å². The summed E-state index contributed by atoms with van der Waals surface area (Å²) in [7, 11) is -3.16. The minimum Gasteiger partial charge on any atom is -0.367 e. The molecule has 0 saturated heterocycles. The van der Waals surface area contributed by atoms with Crippen LogP contribution in [-0.2, 0) is 16.4 Å². The molecule has 2 aromatic rings. The lowest BCUT2D eigenvalue weighted by Gasteiger charge is -2.03. The Morgan fingerprint density at radius 2 is 1.94 bits per heavy atom. The van der Waals surface area contributed by atoms with Crippen molar-refractivity contribution in [3.63, 3.8) is 0 Å². The lowest BCUT2D eigenvalue weighted by molar-refractivity contribution is 0.601. The van der Waals surface area contributed by atoms with Crippen LogP contribution < -0.4 is 5.73 Å². The Morgan fingerprint density at radius 1 is 1.29 bits per heavy atom. The molecule has 1 heterocycles. The molecule has 1 aromatic heterocycles. The van der Waals surface area contributed by atoms with Crippen LogP contribution >= 0.6 is 0 Å². The summed E-state index contributed by atoms with van der Waals surface area (Å²) in [4.78, 5) is 0.283. The highest BCUT2D eigenvalue weighted by molar-refractivity contribution is 7.90. The first kappa shape index (κ1) is 11.5. The first-order valence-corrected chi connectivity index (χ1v) is 6.66. The van der Waals surface area contributed by atoms with Crippen molar-refractivity contribution in [1.82, 2.24) is 20.2 Å². The minimum absolute atomic E-state index is 0.220. The lowest BCUT2D eigenvalue weighted by atomic mass is 10.2. The number of nitrogens with zero attached hydrogens (tertiary/aromatic N) is 4. The molecule has 2 rings (SSSR count). The van der Waals surface area contributed by atoms with Crippen molar-refractivity contribution < 1.29 is 8.42 Å². The van der Waals surface area contributed by atoms with Gasteiger partial charge in [-0.3, -0.25) is 0 Å². The maximum absolute atomic E-state index is 11.3. The molecule has 0 unspecified atom stereocenters. The third-order valence-corrected chi connectivity index (χ3v) is 3.37. The molecule has 17 heavy (non-hydrogen) atoms. The Kier molecular flexibility index (Phi) is 2.80. The van der Waals surface area contributed by atoms with Crippen LogP contribution in [0.25, 0.3) is 0 Å². The quantitative estimate of drug-likeness (QED) is 0.805. The lowest BCUT2D eigenvalue weighted by Crippen LogP contribution is -2.06. The summed E-state index contributed by atoms with van der Waals surface area (Å²) in [6.07, 6.45) is 1.17. The van der Waals surface area contributed by atoms with Gasteiger partial charge in [0.1, 0.15) is 0 Å². The molecule has 0 amide bonds. The zero-order valence-electron chi connectivity index (χ0n) is 9.11. The van der Waals surface area contributed by atoms with Crippen LogP contribution in [-0.4, -0.2) is 34.9 Å². The van der Waals surface area contributed by atoms with E-state index in [-0.39, 0.29) is 10.8 Å². The molecule has 0 radical (unpaired) electrons. The van der Waals surface area contributed by atoms with Gasteiger partial charge in [0, 0.05) is 6.26 Å². The third kappa shape index (κ3) is 2.59. The van der Waals surface area contributed by atoms with E-state index in [9.17, 15) is 8.42 Å². The summed E-state index contributed by atoms with van der Waals surface area (Å²) in [5.74, 6) is 0.220. The molecule has 8 heteroatoms.